The van der Waals surface area contributed by atoms with Gasteiger partial charge in [-0.15, -0.1) is 0 Å². The number of methoxy groups -OCH3 is 1. The van der Waals surface area contributed by atoms with Crippen molar-refractivity contribution in [3.8, 4) is 5.75 Å². The summed E-state index contributed by atoms with van der Waals surface area (Å²) in [6.45, 7) is 2.80. The molecule has 4 rings (SSSR count). The van der Waals surface area contributed by atoms with Gasteiger partial charge >= 0.3 is 0 Å². The van der Waals surface area contributed by atoms with Crippen molar-refractivity contribution in [1.82, 2.24) is 9.88 Å². The number of rotatable bonds is 4. The van der Waals surface area contributed by atoms with Crippen LogP contribution in [0.15, 0.2) is 24.4 Å². The molecule has 2 fully saturated rings. The van der Waals surface area contributed by atoms with Gasteiger partial charge in [-0.25, -0.2) is 0 Å². The Morgan fingerprint density at radius 1 is 1.46 bits per heavy atom. The van der Waals surface area contributed by atoms with Gasteiger partial charge in [0.15, 0.2) is 0 Å². The first kappa shape index (κ1) is 17.4. The zero-order valence-electron chi connectivity index (χ0n) is 15.6. The lowest BCUT2D eigenvalue weighted by Gasteiger charge is -2.48. The number of benzene rings is 1. The van der Waals surface area contributed by atoms with Crippen molar-refractivity contribution in [1.29, 1.82) is 0 Å². The largest absolute Gasteiger partial charge is 0.497 e. The molecule has 5 nitrogen and oxygen atoms in total. The Morgan fingerprint density at radius 3 is 3.12 bits per heavy atom. The summed E-state index contributed by atoms with van der Waals surface area (Å²) >= 11 is 0. The van der Waals surface area contributed by atoms with Crippen LogP contribution in [0.25, 0.3) is 10.9 Å². The molecule has 26 heavy (non-hydrogen) atoms. The van der Waals surface area contributed by atoms with Gasteiger partial charge in [0.25, 0.3) is 0 Å². The van der Waals surface area contributed by atoms with E-state index < -0.39 is 5.60 Å². The van der Waals surface area contributed by atoms with Gasteiger partial charge in [0.05, 0.1) is 12.7 Å². The summed E-state index contributed by atoms with van der Waals surface area (Å²) in [4.78, 5) is 18.3. The standard InChI is InChI=1S/C21H28N2O3/c1-14(18-13-22-19-6-5-16(26-2)11-17(18)19)10-20(24)23-9-8-21(25)7-3-4-15(23)12-21/h5-6,11,13-15,22,25H,3-4,7-10,12H2,1-2H3. The van der Waals surface area contributed by atoms with Crippen molar-refractivity contribution in [2.45, 2.75) is 63.0 Å². The van der Waals surface area contributed by atoms with Crippen molar-refractivity contribution in [3.63, 3.8) is 0 Å². The van der Waals surface area contributed by atoms with E-state index in [9.17, 15) is 9.90 Å². The van der Waals surface area contributed by atoms with E-state index in [0.29, 0.717) is 19.4 Å². The predicted molar refractivity (Wildman–Crippen MR) is 101 cm³/mol. The van der Waals surface area contributed by atoms with Crippen LogP contribution in [0.3, 0.4) is 0 Å². The zero-order valence-corrected chi connectivity index (χ0v) is 15.6. The molecule has 2 aromatic rings. The Balaban J connectivity index is 1.49. The minimum Gasteiger partial charge on any atom is -0.497 e. The van der Waals surface area contributed by atoms with Crippen LogP contribution >= 0.6 is 0 Å². The van der Waals surface area contributed by atoms with E-state index in [0.717, 1.165) is 47.9 Å². The van der Waals surface area contributed by atoms with Crippen LogP contribution in [-0.2, 0) is 4.79 Å². The van der Waals surface area contributed by atoms with E-state index in [1.807, 2.05) is 29.3 Å². The van der Waals surface area contributed by atoms with Crippen molar-refractivity contribution in [3.05, 3.63) is 30.0 Å². The highest BCUT2D eigenvalue weighted by Crippen LogP contribution is 2.39. The van der Waals surface area contributed by atoms with Crippen LogP contribution in [0.4, 0.5) is 0 Å². The molecule has 0 spiro atoms. The maximum absolute atomic E-state index is 13.0. The van der Waals surface area contributed by atoms with E-state index in [1.165, 1.54) is 0 Å². The van der Waals surface area contributed by atoms with Gasteiger partial charge in [-0.3, -0.25) is 4.79 Å². The Labute approximate surface area is 154 Å². The molecule has 2 aliphatic rings. The monoisotopic (exact) mass is 356 g/mol. The van der Waals surface area contributed by atoms with Crippen molar-refractivity contribution >= 4 is 16.8 Å². The molecule has 2 heterocycles. The molecule has 1 aromatic carbocycles. The van der Waals surface area contributed by atoms with E-state index in [1.54, 1.807) is 7.11 Å². The van der Waals surface area contributed by atoms with E-state index in [-0.39, 0.29) is 17.9 Å². The van der Waals surface area contributed by atoms with Gasteiger partial charge in [0.2, 0.25) is 5.91 Å². The molecule has 2 bridgehead atoms. The summed E-state index contributed by atoms with van der Waals surface area (Å²) in [5, 5.41) is 11.7. The fourth-order valence-electron chi connectivity index (χ4n) is 4.79. The number of aliphatic hydroxyl groups is 1. The third kappa shape index (κ3) is 3.09. The number of hydrogen-bond acceptors (Lipinski definition) is 3. The highest BCUT2D eigenvalue weighted by atomic mass is 16.5. The number of likely N-dealkylation sites (tertiary alicyclic amines) is 1. The first-order valence-corrected chi connectivity index (χ1v) is 9.66. The quantitative estimate of drug-likeness (QED) is 0.880. The molecule has 2 N–H and O–H groups in total. The normalized spacial score (nSPS) is 26.7. The SMILES string of the molecule is COc1ccc2[nH]cc(C(C)CC(=O)N3CCC4(O)CCCC3C4)c2c1. The molecule has 3 unspecified atom stereocenters. The number of H-pyrrole nitrogens is 1. The summed E-state index contributed by atoms with van der Waals surface area (Å²) in [5.41, 5.74) is 1.69. The molecule has 140 valence electrons. The number of carbonyl (C=O) groups is 1. The lowest BCUT2D eigenvalue weighted by atomic mass is 9.76. The van der Waals surface area contributed by atoms with Crippen LogP contribution in [0.2, 0.25) is 0 Å². The number of ether oxygens (including phenoxy) is 1. The molecule has 1 amide bonds. The second-order valence-electron chi connectivity index (χ2n) is 8.07. The number of fused-ring (bicyclic) bond motifs is 3. The third-order valence-electron chi connectivity index (χ3n) is 6.31. The van der Waals surface area contributed by atoms with Gasteiger partial charge in [0, 0.05) is 36.1 Å². The van der Waals surface area contributed by atoms with Gasteiger partial charge in [-0.05, 0) is 61.8 Å². The molecule has 0 radical (unpaired) electrons. The first-order chi connectivity index (χ1) is 12.5. The minimum absolute atomic E-state index is 0.132. The second kappa shape index (κ2) is 6.62. The van der Waals surface area contributed by atoms with Gasteiger partial charge in [-0.2, -0.15) is 0 Å². The topological polar surface area (TPSA) is 65.6 Å². The Hall–Kier alpha value is -2.01. The highest BCUT2D eigenvalue weighted by Gasteiger charge is 2.42. The molecule has 1 aliphatic heterocycles. The second-order valence-corrected chi connectivity index (χ2v) is 8.07. The summed E-state index contributed by atoms with van der Waals surface area (Å²) in [6, 6.07) is 6.20. The number of piperidine rings is 1. The average molecular weight is 356 g/mol. The van der Waals surface area contributed by atoms with Crippen LogP contribution in [0.5, 0.6) is 5.75 Å². The fourth-order valence-corrected chi connectivity index (χ4v) is 4.79. The number of aromatic amines is 1. The molecule has 1 saturated heterocycles. The van der Waals surface area contributed by atoms with Gasteiger partial charge in [0.1, 0.15) is 5.75 Å². The number of aromatic nitrogens is 1. The Kier molecular flexibility index (Phi) is 4.43. The summed E-state index contributed by atoms with van der Waals surface area (Å²) in [6.07, 6.45) is 6.90. The number of carbonyl (C=O) groups excluding carboxylic acids is 1. The number of hydrogen-bond donors (Lipinski definition) is 2. The molecule has 1 aliphatic carbocycles. The molecule has 3 atom stereocenters. The fraction of sp³-hybridized carbons (Fsp3) is 0.571. The van der Waals surface area contributed by atoms with E-state index >= 15 is 0 Å². The number of amides is 1. The third-order valence-corrected chi connectivity index (χ3v) is 6.31. The van der Waals surface area contributed by atoms with Gasteiger partial charge in [-0.1, -0.05) is 6.92 Å². The number of nitrogens with one attached hydrogen (secondary N) is 1. The predicted octanol–water partition coefficient (Wildman–Crippen LogP) is 3.58. The van der Waals surface area contributed by atoms with E-state index in [2.05, 4.69) is 11.9 Å². The smallest absolute Gasteiger partial charge is 0.223 e. The van der Waals surface area contributed by atoms with Crippen LogP contribution in [0, 0.1) is 0 Å². The Morgan fingerprint density at radius 2 is 2.31 bits per heavy atom. The van der Waals surface area contributed by atoms with Crippen LogP contribution in [0.1, 0.15) is 56.9 Å². The number of nitrogens with zero attached hydrogens (tertiary/aromatic N) is 1. The van der Waals surface area contributed by atoms with Crippen LogP contribution < -0.4 is 4.74 Å². The first-order valence-electron chi connectivity index (χ1n) is 9.66. The van der Waals surface area contributed by atoms with E-state index in [4.69, 9.17) is 4.74 Å². The van der Waals surface area contributed by atoms with Crippen molar-refractivity contribution < 1.29 is 14.6 Å². The maximum atomic E-state index is 13.0. The minimum atomic E-state index is -0.529. The average Bonchev–Trinajstić information content (AvgIpc) is 3.04. The lowest BCUT2D eigenvalue weighted by Crippen LogP contribution is -2.55. The lowest BCUT2D eigenvalue weighted by molar-refractivity contribution is -0.144. The maximum Gasteiger partial charge on any atom is 0.223 e. The Bertz CT molecular complexity index is 815. The summed E-state index contributed by atoms with van der Waals surface area (Å²) in [7, 11) is 1.67. The van der Waals surface area contributed by atoms with Crippen molar-refractivity contribution in [2.24, 2.45) is 0 Å². The van der Waals surface area contributed by atoms with Crippen LogP contribution in [-0.4, -0.2) is 46.2 Å². The molecular weight excluding hydrogens is 328 g/mol. The van der Waals surface area contributed by atoms with Crippen molar-refractivity contribution in [2.75, 3.05) is 13.7 Å². The highest BCUT2D eigenvalue weighted by molar-refractivity contribution is 5.86. The summed E-state index contributed by atoms with van der Waals surface area (Å²) < 4.78 is 5.34. The zero-order chi connectivity index (χ0) is 18.3. The molecule has 1 aromatic heterocycles. The molecule has 5 heteroatoms. The molecular formula is C21H28N2O3. The van der Waals surface area contributed by atoms with Gasteiger partial charge < -0.3 is 19.7 Å². The summed E-state index contributed by atoms with van der Waals surface area (Å²) in [5.74, 6) is 1.17. The molecule has 1 saturated carbocycles.